The number of hydrogen-bond donors (Lipinski definition) is 3. The van der Waals surface area contributed by atoms with Gasteiger partial charge in [0.1, 0.15) is 6.04 Å². The predicted molar refractivity (Wildman–Crippen MR) is 72.4 cm³/mol. The normalized spacial score (nSPS) is 28.3. The zero-order chi connectivity index (χ0) is 14.9. The van der Waals surface area contributed by atoms with Gasteiger partial charge in [0.05, 0.1) is 6.10 Å². The Morgan fingerprint density at radius 1 is 1.40 bits per heavy atom. The first kappa shape index (κ1) is 15.1. The SMILES string of the molecule is CN(C)C1(CNC(=O)N2CC(O)CC2C(=O)O)CCC1. The number of β-amino-alcohol motifs (C(OH)–C–C–N with tert-alkyl or cyclic N) is 1. The summed E-state index contributed by atoms with van der Waals surface area (Å²) in [4.78, 5) is 26.6. The lowest BCUT2D eigenvalue weighted by atomic mass is 9.75. The molecule has 7 heteroatoms. The molecular formula is C13H23N3O4. The number of amides is 2. The summed E-state index contributed by atoms with van der Waals surface area (Å²) in [6.45, 7) is 0.593. The van der Waals surface area contributed by atoms with Gasteiger partial charge in [-0.3, -0.25) is 0 Å². The van der Waals surface area contributed by atoms with Crippen LogP contribution in [0.2, 0.25) is 0 Å². The Bertz CT molecular complexity index is 395. The molecule has 20 heavy (non-hydrogen) atoms. The van der Waals surface area contributed by atoms with Crippen LogP contribution in [0.25, 0.3) is 0 Å². The van der Waals surface area contributed by atoms with Crippen molar-refractivity contribution < 1.29 is 19.8 Å². The molecule has 2 atom stereocenters. The number of carboxylic acid groups (broad SMARTS) is 1. The Kier molecular flexibility index (Phi) is 4.19. The van der Waals surface area contributed by atoms with Crippen LogP contribution < -0.4 is 5.32 Å². The van der Waals surface area contributed by atoms with E-state index in [1.165, 1.54) is 4.90 Å². The highest BCUT2D eigenvalue weighted by Crippen LogP contribution is 2.35. The molecule has 0 aromatic carbocycles. The molecule has 0 aromatic rings. The summed E-state index contributed by atoms with van der Waals surface area (Å²) in [5, 5.41) is 21.5. The van der Waals surface area contributed by atoms with Crippen molar-refractivity contribution >= 4 is 12.0 Å². The molecule has 0 aromatic heterocycles. The van der Waals surface area contributed by atoms with Crippen molar-refractivity contribution in [3.8, 4) is 0 Å². The van der Waals surface area contributed by atoms with E-state index in [4.69, 9.17) is 5.11 Å². The van der Waals surface area contributed by atoms with Crippen molar-refractivity contribution in [3.05, 3.63) is 0 Å². The van der Waals surface area contributed by atoms with Crippen molar-refractivity contribution in [2.24, 2.45) is 0 Å². The third-order valence-electron chi connectivity index (χ3n) is 4.63. The minimum absolute atomic E-state index is 0.00722. The highest BCUT2D eigenvalue weighted by molar-refractivity contribution is 5.83. The van der Waals surface area contributed by atoms with Gasteiger partial charge in [-0.25, -0.2) is 9.59 Å². The fourth-order valence-electron chi connectivity index (χ4n) is 2.98. The zero-order valence-corrected chi connectivity index (χ0v) is 12.0. The van der Waals surface area contributed by atoms with E-state index in [0.717, 1.165) is 19.3 Å². The van der Waals surface area contributed by atoms with Gasteiger partial charge in [-0.05, 0) is 33.4 Å². The fraction of sp³-hybridized carbons (Fsp3) is 0.846. The van der Waals surface area contributed by atoms with Crippen LogP contribution in [0, 0.1) is 0 Å². The topological polar surface area (TPSA) is 93.1 Å². The van der Waals surface area contributed by atoms with Crippen LogP contribution in [0.4, 0.5) is 4.79 Å². The van der Waals surface area contributed by atoms with Crippen molar-refractivity contribution in [3.63, 3.8) is 0 Å². The number of likely N-dealkylation sites (N-methyl/N-ethyl adjacent to an activating group) is 1. The molecule has 114 valence electrons. The molecule has 1 saturated carbocycles. The monoisotopic (exact) mass is 285 g/mol. The van der Waals surface area contributed by atoms with E-state index in [2.05, 4.69) is 10.2 Å². The lowest BCUT2D eigenvalue weighted by Gasteiger charge is -2.47. The van der Waals surface area contributed by atoms with Gasteiger partial charge in [-0.15, -0.1) is 0 Å². The fourth-order valence-corrected chi connectivity index (χ4v) is 2.98. The molecule has 3 N–H and O–H groups in total. The van der Waals surface area contributed by atoms with Gasteiger partial charge < -0.3 is 25.3 Å². The van der Waals surface area contributed by atoms with E-state index in [1.807, 2.05) is 14.1 Å². The molecule has 2 unspecified atom stereocenters. The van der Waals surface area contributed by atoms with Crippen molar-refractivity contribution in [2.45, 2.75) is 43.4 Å². The van der Waals surface area contributed by atoms with Gasteiger partial charge in [0.25, 0.3) is 0 Å². The van der Waals surface area contributed by atoms with E-state index >= 15 is 0 Å². The van der Waals surface area contributed by atoms with Crippen molar-refractivity contribution in [1.29, 1.82) is 0 Å². The quantitative estimate of drug-likeness (QED) is 0.659. The molecular weight excluding hydrogens is 262 g/mol. The number of aliphatic hydroxyl groups excluding tert-OH is 1. The zero-order valence-electron chi connectivity index (χ0n) is 12.0. The van der Waals surface area contributed by atoms with Crippen molar-refractivity contribution in [2.75, 3.05) is 27.2 Å². The highest BCUT2D eigenvalue weighted by atomic mass is 16.4. The van der Waals surface area contributed by atoms with Gasteiger partial charge in [0.2, 0.25) is 0 Å². The summed E-state index contributed by atoms with van der Waals surface area (Å²) >= 11 is 0. The van der Waals surface area contributed by atoms with Crippen LogP contribution in [0.15, 0.2) is 0 Å². The van der Waals surface area contributed by atoms with Crippen LogP contribution in [0.1, 0.15) is 25.7 Å². The number of urea groups is 1. The largest absolute Gasteiger partial charge is 0.480 e. The molecule has 0 radical (unpaired) electrons. The molecule has 0 bridgehead atoms. The van der Waals surface area contributed by atoms with Gasteiger partial charge >= 0.3 is 12.0 Å². The third-order valence-corrected chi connectivity index (χ3v) is 4.63. The number of carboxylic acids is 1. The second kappa shape index (κ2) is 5.57. The maximum absolute atomic E-state index is 12.1. The number of hydrogen-bond acceptors (Lipinski definition) is 4. The number of carbonyl (C=O) groups is 2. The molecule has 2 rings (SSSR count). The lowest BCUT2D eigenvalue weighted by molar-refractivity contribution is -0.141. The minimum Gasteiger partial charge on any atom is -0.480 e. The summed E-state index contributed by atoms with van der Waals surface area (Å²) in [7, 11) is 3.98. The summed E-state index contributed by atoms with van der Waals surface area (Å²) in [5.41, 5.74) is -0.00722. The van der Waals surface area contributed by atoms with Gasteiger partial charge in [-0.2, -0.15) is 0 Å². The smallest absolute Gasteiger partial charge is 0.326 e. The van der Waals surface area contributed by atoms with E-state index < -0.39 is 24.1 Å². The summed E-state index contributed by atoms with van der Waals surface area (Å²) < 4.78 is 0. The van der Waals surface area contributed by atoms with E-state index in [9.17, 15) is 14.7 Å². The van der Waals surface area contributed by atoms with E-state index in [0.29, 0.717) is 6.54 Å². The molecule has 2 aliphatic rings. The first-order valence-electron chi connectivity index (χ1n) is 6.98. The van der Waals surface area contributed by atoms with Crippen molar-refractivity contribution in [1.82, 2.24) is 15.1 Å². The first-order chi connectivity index (χ1) is 9.35. The van der Waals surface area contributed by atoms with Crippen LogP contribution >= 0.6 is 0 Å². The summed E-state index contributed by atoms with van der Waals surface area (Å²) in [6.07, 6.45) is 2.56. The second-order valence-corrected chi connectivity index (χ2v) is 6.03. The number of likely N-dealkylation sites (tertiary alicyclic amines) is 1. The maximum Gasteiger partial charge on any atom is 0.326 e. The lowest BCUT2D eigenvalue weighted by Crippen LogP contribution is -2.59. The Labute approximate surface area is 118 Å². The number of nitrogens with one attached hydrogen (secondary N) is 1. The van der Waals surface area contributed by atoms with Gasteiger partial charge in [0.15, 0.2) is 0 Å². The molecule has 2 amide bonds. The molecule has 7 nitrogen and oxygen atoms in total. The van der Waals surface area contributed by atoms with Crippen LogP contribution in [0.5, 0.6) is 0 Å². The first-order valence-corrected chi connectivity index (χ1v) is 6.98. The van der Waals surface area contributed by atoms with Gasteiger partial charge in [-0.1, -0.05) is 0 Å². The summed E-state index contributed by atoms with van der Waals surface area (Å²) in [6, 6.07) is -1.33. The molecule has 1 aliphatic carbocycles. The average molecular weight is 285 g/mol. The second-order valence-electron chi connectivity index (χ2n) is 6.03. The molecule has 2 fully saturated rings. The Hall–Kier alpha value is -1.34. The average Bonchev–Trinajstić information content (AvgIpc) is 2.69. The van der Waals surface area contributed by atoms with Crippen LogP contribution in [0.3, 0.4) is 0 Å². The molecule has 1 heterocycles. The Balaban J connectivity index is 1.93. The third kappa shape index (κ3) is 2.73. The number of carbonyl (C=O) groups excluding carboxylic acids is 1. The number of nitrogens with zero attached hydrogens (tertiary/aromatic N) is 2. The Morgan fingerprint density at radius 3 is 2.50 bits per heavy atom. The standard InChI is InChI=1S/C13H23N3O4/c1-15(2)13(4-3-5-13)8-14-12(20)16-7-9(17)6-10(16)11(18)19/h9-10,17H,3-8H2,1-2H3,(H,14,20)(H,18,19). The molecule has 1 saturated heterocycles. The van der Waals surface area contributed by atoms with Gasteiger partial charge in [0, 0.05) is 25.0 Å². The maximum atomic E-state index is 12.1. The Morgan fingerprint density at radius 2 is 2.05 bits per heavy atom. The predicted octanol–water partition coefficient (Wildman–Crippen LogP) is -0.300. The van der Waals surface area contributed by atoms with Crippen LogP contribution in [-0.2, 0) is 4.79 Å². The van der Waals surface area contributed by atoms with Crippen LogP contribution in [-0.4, -0.2) is 76.9 Å². The highest BCUT2D eigenvalue weighted by Gasteiger charge is 2.42. The number of rotatable bonds is 4. The minimum atomic E-state index is -1.07. The van der Waals surface area contributed by atoms with E-state index in [-0.39, 0.29) is 18.5 Å². The number of aliphatic hydroxyl groups is 1. The number of aliphatic carboxylic acids is 1. The molecule has 1 aliphatic heterocycles. The van der Waals surface area contributed by atoms with E-state index in [1.54, 1.807) is 0 Å². The molecule has 0 spiro atoms. The summed E-state index contributed by atoms with van der Waals surface area (Å²) in [5.74, 6) is -1.07.